The van der Waals surface area contributed by atoms with E-state index in [-0.39, 0.29) is 18.2 Å². The highest BCUT2D eigenvalue weighted by molar-refractivity contribution is 7.18. The lowest BCUT2D eigenvalue weighted by Gasteiger charge is -2.04. The summed E-state index contributed by atoms with van der Waals surface area (Å²) in [5, 5.41) is 16.1. The van der Waals surface area contributed by atoms with Crippen molar-refractivity contribution in [3.63, 3.8) is 0 Å². The molecule has 9 heteroatoms. The van der Waals surface area contributed by atoms with Crippen LogP contribution in [0.15, 0.2) is 47.8 Å². The molecule has 0 saturated carbocycles. The van der Waals surface area contributed by atoms with Crippen molar-refractivity contribution in [2.24, 2.45) is 0 Å². The monoisotopic (exact) mass is 430 g/mol. The highest BCUT2D eigenvalue weighted by Gasteiger charge is 2.15. The van der Waals surface area contributed by atoms with E-state index in [4.69, 9.17) is 11.6 Å². The number of aromatic nitrogens is 2. The molecule has 1 aromatic carbocycles. The molecule has 0 atom stereocenters. The lowest BCUT2D eigenvalue weighted by molar-refractivity contribution is -0.120. The third-order valence-corrected chi connectivity index (χ3v) is 6.17. The largest absolute Gasteiger partial charge is 0.352 e. The van der Waals surface area contributed by atoms with E-state index in [1.807, 2.05) is 29.6 Å². The Bertz CT molecular complexity index is 1120. The van der Waals surface area contributed by atoms with Crippen LogP contribution >= 0.6 is 34.3 Å². The van der Waals surface area contributed by atoms with Crippen LogP contribution in [0.4, 0.5) is 5.82 Å². The molecular weight excluding hydrogens is 416 g/mol. The van der Waals surface area contributed by atoms with Crippen molar-refractivity contribution < 1.29 is 9.59 Å². The zero-order valence-corrected chi connectivity index (χ0v) is 16.9. The number of benzene rings is 1. The minimum absolute atomic E-state index is 0.0768. The number of hydrogen-bond donors (Lipinski definition) is 3. The number of rotatable bonds is 6. The van der Waals surface area contributed by atoms with E-state index < -0.39 is 0 Å². The second kappa shape index (κ2) is 8.14. The smallest absolute Gasteiger partial charge is 0.266 e. The van der Waals surface area contributed by atoms with Gasteiger partial charge >= 0.3 is 0 Å². The number of nitrogens with zero attached hydrogens (tertiary/aromatic N) is 1. The Balaban J connectivity index is 1.39. The van der Waals surface area contributed by atoms with Gasteiger partial charge in [-0.2, -0.15) is 5.10 Å². The summed E-state index contributed by atoms with van der Waals surface area (Å²) in [5.41, 5.74) is 0.984. The summed E-state index contributed by atoms with van der Waals surface area (Å²) in [6, 6.07) is 12.8. The second-order valence-electron chi connectivity index (χ2n) is 6.04. The van der Waals surface area contributed by atoms with Crippen LogP contribution in [0.5, 0.6) is 0 Å². The number of thiophene rings is 2. The molecule has 0 fully saturated rings. The lowest BCUT2D eigenvalue weighted by atomic mass is 10.2. The quantitative estimate of drug-likeness (QED) is 0.422. The number of halogens is 1. The van der Waals surface area contributed by atoms with E-state index in [0.717, 1.165) is 20.7 Å². The maximum absolute atomic E-state index is 12.2. The first-order valence-corrected chi connectivity index (χ1v) is 10.5. The fourth-order valence-electron chi connectivity index (χ4n) is 2.65. The maximum Gasteiger partial charge on any atom is 0.266 e. The Morgan fingerprint density at radius 3 is 2.75 bits per heavy atom. The van der Waals surface area contributed by atoms with Crippen LogP contribution in [0.3, 0.4) is 0 Å². The van der Waals surface area contributed by atoms with E-state index in [0.29, 0.717) is 22.3 Å². The maximum atomic E-state index is 12.2. The fourth-order valence-corrected chi connectivity index (χ4v) is 4.38. The van der Waals surface area contributed by atoms with E-state index in [1.165, 1.54) is 22.7 Å². The standard InChI is InChI=1S/C19H15ClN4O2S2/c20-12-5-3-11(4-6-12)10-21-16(25)9-13-8-14-17(23-24-19(14)28-13)22-18(26)15-2-1-7-27-15/h1-8H,9-10H2,(H,21,25)(H2,22,23,24,26). The van der Waals surface area contributed by atoms with Crippen LogP contribution in [0.1, 0.15) is 20.1 Å². The van der Waals surface area contributed by atoms with Gasteiger partial charge in [0.25, 0.3) is 5.91 Å². The van der Waals surface area contributed by atoms with E-state index >= 15 is 0 Å². The topological polar surface area (TPSA) is 86.9 Å². The fraction of sp³-hybridized carbons (Fsp3) is 0.105. The van der Waals surface area contributed by atoms with Gasteiger partial charge in [-0.1, -0.05) is 29.8 Å². The molecule has 28 heavy (non-hydrogen) atoms. The molecule has 0 aliphatic rings. The van der Waals surface area contributed by atoms with Gasteiger partial charge in [0.2, 0.25) is 5.91 Å². The zero-order chi connectivity index (χ0) is 19.5. The number of H-pyrrole nitrogens is 1. The summed E-state index contributed by atoms with van der Waals surface area (Å²) in [6.45, 7) is 0.446. The Labute approximate surface area is 173 Å². The van der Waals surface area contributed by atoms with Crippen LogP contribution < -0.4 is 10.6 Å². The van der Waals surface area contributed by atoms with Gasteiger partial charge < -0.3 is 10.6 Å². The van der Waals surface area contributed by atoms with E-state index in [1.54, 1.807) is 18.2 Å². The molecule has 0 aliphatic carbocycles. The molecule has 0 radical (unpaired) electrons. The molecular formula is C19H15ClN4O2S2. The molecule has 0 saturated heterocycles. The van der Waals surface area contributed by atoms with Gasteiger partial charge in [-0.05, 0) is 35.2 Å². The van der Waals surface area contributed by atoms with E-state index in [9.17, 15) is 9.59 Å². The molecule has 3 heterocycles. The molecule has 3 N–H and O–H groups in total. The van der Waals surface area contributed by atoms with Crippen LogP contribution in [0, 0.1) is 0 Å². The number of hydrogen-bond acceptors (Lipinski definition) is 5. The lowest BCUT2D eigenvalue weighted by Crippen LogP contribution is -2.24. The predicted molar refractivity (Wildman–Crippen MR) is 113 cm³/mol. The third kappa shape index (κ3) is 4.24. The molecule has 6 nitrogen and oxygen atoms in total. The first kappa shape index (κ1) is 18.7. The first-order chi connectivity index (χ1) is 13.6. The van der Waals surface area contributed by atoms with Crippen LogP contribution in [-0.2, 0) is 17.8 Å². The summed E-state index contributed by atoms with van der Waals surface area (Å²) in [4.78, 5) is 26.7. The van der Waals surface area contributed by atoms with Crippen LogP contribution in [0.2, 0.25) is 5.02 Å². The van der Waals surface area contributed by atoms with E-state index in [2.05, 4.69) is 20.8 Å². The Kier molecular flexibility index (Phi) is 5.43. The summed E-state index contributed by atoms with van der Waals surface area (Å²) >= 11 is 8.66. The minimum Gasteiger partial charge on any atom is -0.352 e. The second-order valence-corrected chi connectivity index (χ2v) is 8.54. The number of anilines is 1. The van der Waals surface area contributed by atoms with Crippen molar-refractivity contribution in [1.29, 1.82) is 0 Å². The molecule has 0 unspecified atom stereocenters. The van der Waals surface area contributed by atoms with Crippen molar-refractivity contribution in [2.45, 2.75) is 13.0 Å². The number of amides is 2. The van der Waals surface area contributed by atoms with Gasteiger partial charge in [-0.25, -0.2) is 0 Å². The van der Waals surface area contributed by atoms with Crippen molar-refractivity contribution in [3.8, 4) is 0 Å². The zero-order valence-electron chi connectivity index (χ0n) is 14.5. The van der Waals surface area contributed by atoms with Crippen molar-refractivity contribution in [1.82, 2.24) is 15.5 Å². The molecule has 142 valence electrons. The summed E-state index contributed by atoms with van der Waals surface area (Å²) in [7, 11) is 0. The van der Waals surface area contributed by atoms with Crippen molar-refractivity contribution in [2.75, 3.05) is 5.32 Å². The Morgan fingerprint density at radius 1 is 1.18 bits per heavy atom. The van der Waals surface area contributed by atoms with Gasteiger partial charge in [0.05, 0.1) is 16.7 Å². The normalized spacial score (nSPS) is 10.9. The molecule has 3 aromatic heterocycles. The van der Waals surface area contributed by atoms with Gasteiger partial charge in [0.15, 0.2) is 0 Å². The average molecular weight is 431 g/mol. The number of carbonyl (C=O) groups is 2. The average Bonchev–Trinajstić information content (AvgIpc) is 3.40. The predicted octanol–water partition coefficient (Wildman–Crippen LogP) is 4.45. The van der Waals surface area contributed by atoms with Crippen LogP contribution in [-0.4, -0.2) is 22.0 Å². The Morgan fingerprint density at radius 2 is 2.00 bits per heavy atom. The molecule has 0 aliphatic heterocycles. The number of aromatic amines is 1. The first-order valence-electron chi connectivity index (χ1n) is 8.41. The van der Waals surface area contributed by atoms with Crippen molar-refractivity contribution in [3.05, 3.63) is 68.2 Å². The van der Waals surface area contributed by atoms with Gasteiger partial charge in [0, 0.05) is 16.4 Å². The molecule has 0 bridgehead atoms. The summed E-state index contributed by atoms with van der Waals surface area (Å²) in [6.07, 6.45) is 0.257. The highest BCUT2D eigenvalue weighted by atomic mass is 35.5. The number of carbonyl (C=O) groups excluding carboxylic acids is 2. The SMILES string of the molecule is O=C(Cc1cc2c(NC(=O)c3cccs3)[nH]nc2s1)NCc1ccc(Cl)cc1. The number of nitrogens with one attached hydrogen (secondary N) is 3. The van der Waals surface area contributed by atoms with Gasteiger partial charge in [-0.15, -0.1) is 22.7 Å². The molecule has 2 amide bonds. The van der Waals surface area contributed by atoms with Crippen molar-refractivity contribution >= 4 is 62.1 Å². The van der Waals surface area contributed by atoms with Gasteiger partial charge in [0.1, 0.15) is 10.6 Å². The molecule has 4 rings (SSSR count). The number of fused-ring (bicyclic) bond motifs is 1. The van der Waals surface area contributed by atoms with Gasteiger partial charge in [-0.3, -0.25) is 14.7 Å². The summed E-state index contributed by atoms with van der Waals surface area (Å²) in [5.74, 6) is 0.276. The van der Waals surface area contributed by atoms with Crippen LogP contribution in [0.25, 0.3) is 10.2 Å². The molecule has 4 aromatic rings. The summed E-state index contributed by atoms with van der Waals surface area (Å²) < 4.78 is 0. The molecule has 0 spiro atoms. The highest BCUT2D eigenvalue weighted by Crippen LogP contribution is 2.30. The third-order valence-electron chi connectivity index (χ3n) is 4.02. The minimum atomic E-state index is -0.186. The Hall–Kier alpha value is -2.68.